The van der Waals surface area contributed by atoms with Gasteiger partial charge in [0, 0.05) is 12.7 Å². The van der Waals surface area contributed by atoms with E-state index in [1.807, 2.05) is 0 Å². The lowest BCUT2D eigenvalue weighted by Gasteiger charge is -2.33. The molecular formula is C12H12N2O3. The van der Waals surface area contributed by atoms with Gasteiger partial charge in [0.15, 0.2) is 0 Å². The number of hydrogen-bond acceptors (Lipinski definition) is 4. The Labute approximate surface area is 98.1 Å². The lowest BCUT2D eigenvalue weighted by molar-refractivity contribution is 0.0233. The van der Waals surface area contributed by atoms with Crippen LogP contribution in [0.2, 0.25) is 0 Å². The molecule has 0 radical (unpaired) electrons. The first-order chi connectivity index (χ1) is 8.16. The van der Waals surface area contributed by atoms with Crippen LogP contribution >= 0.6 is 0 Å². The van der Waals surface area contributed by atoms with Crippen LogP contribution in [-0.4, -0.2) is 39.5 Å². The predicted molar refractivity (Wildman–Crippen MR) is 58.3 cm³/mol. The first-order valence-electron chi connectivity index (χ1n) is 5.66. The van der Waals surface area contributed by atoms with Crippen molar-refractivity contribution < 1.29 is 14.7 Å². The number of aliphatic hydroxyl groups excluding tert-OH is 1. The monoisotopic (exact) mass is 232 g/mol. The lowest BCUT2D eigenvalue weighted by Crippen LogP contribution is -2.41. The molecule has 0 aromatic carbocycles. The summed E-state index contributed by atoms with van der Waals surface area (Å²) >= 11 is 0. The molecule has 0 spiro atoms. The zero-order chi connectivity index (χ0) is 12.0. The van der Waals surface area contributed by atoms with Gasteiger partial charge in [-0.15, -0.1) is 0 Å². The molecule has 0 saturated heterocycles. The van der Waals surface area contributed by atoms with Gasteiger partial charge in [-0.05, 0) is 30.9 Å². The Balaban J connectivity index is 1.81. The van der Waals surface area contributed by atoms with Crippen LogP contribution in [0.25, 0.3) is 0 Å². The molecule has 0 bridgehead atoms. The van der Waals surface area contributed by atoms with E-state index in [4.69, 9.17) is 0 Å². The highest BCUT2D eigenvalue weighted by Gasteiger charge is 2.40. The highest BCUT2D eigenvalue weighted by Crippen LogP contribution is 2.30. The van der Waals surface area contributed by atoms with E-state index in [9.17, 15) is 14.7 Å². The average Bonchev–Trinajstić information content (AvgIpc) is 2.53. The molecule has 2 heterocycles. The van der Waals surface area contributed by atoms with E-state index in [1.54, 1.807) is 12.1 Å². The number of pyridine rings is 1. The van der Waals surface area contributed by atoms with E-state index in [2.05, 4.69) is 4.98 Å². The lowest BCUT2D eigenvalue weighted by atomic mass is 9.82. The standard InChI is InChI=1S/C12H12N2O3/c15-8-4-7(5-8)6-14-11(16)9-2-1-3-13-10(9)12(14)17/h1-3,7-8,15H,4-6H2. The van der Waals surface area contributed by atoms with E-state index < -0.39 is 0 Å². The summed E-state index contributed by atoms with van der Waals surface area (Å²) in [5.41, 5.74) is 0.634. The molecule has 1 N–H and O–H groups in total. The van der Waals surface area contributed by atoms with Crippen LogP contribution in [0.5, 0.6) is 0 Å². The average molecular weight is 232 g/mol. The second-order valence-corrected chi connectivity index (χ2v) is 4.61. The SMILES string of the molecule is O=C1c2cccnc2C(=O)N1CC1CC(O)C1. The minimum Gasteiger partial charge on any atom is -0.393 e. The summed E-state index contributed by atoms with van der Waals surface area (Å²) in [6.07, 6.45) is 2.58. The maximum atomic E-state index is 12.0. The Kier molecular flexibility index (Phi) is 2.22. The van der Waals surface area contributed by atoms with E-state index in [0.29, 0.717) is 24.9 Å². The minimum atomic E-state index is -0.313. The van der Waals surface area contributed by atoms with Crippen molar-refractivity contribution in [1.82, 2.24) is 9.88 Å². The zero-order valence-electron chi connectivity index (χ0n) is 9.17. The number of imide groups is 1. The van der Waals surface area contributed by atoms with Crippen LogP contribution in [0, 0.1) is 5.92 Å². The number of amides is 2. The summed E-state index contributed by atoms with van der Waals surface area (Å²) in [7, 11) is 0. The fourth-order valence-corrected chi connectivity index (χ4v) is 2.39. The molecule has 2 aliphatic rings. The van der Waals surface area contributed by atoms with Gasteiger partial charge in [0.2, 0.25) is 0 Å². The van der Waals surface area contributed by atoms with Gasteiger partial charge in [0.05, 0.1) is 11.7 Å². The summed E-state index contributed by atoms with van der Waals surface area (Å²) < 4.78 is 0. The van der Waals surface area contributed by atoms with Crippen molar-refractivity contribution in [2.45, 2.75) is 18.9 Å². The van der Waals surface area contributed by atoms with Crippen LogP contribution < -0.4 is 0 Å². The van der Waals surface area contributed by atoms with E-state index in [-0.39, 0.29) is 29.5 Å². The molecule has 1 aliphatic heterocycles. The van der Waals surface area contributed by atoms with Crippen LogP contribution in [0.15, 0.2) is 18.3 Å². The van der Waals surface area contributed by atoms with E-state index in [0.717, 1.165) is 0 Å². The molecule has 3 rings (SSSR count). The number of fused-ring (bicyclic) bond motifs is 1. The van der Waals surface area contributed by atoms with Gasteiger partial charge >= 0.3 is 0 Å². The van der Waals surface area contributed by atoms with Crippen molar-refractivity contribution in [3.63, 3.8) is 0 Å². The molecule has 2 amide bonds. The summed E-state index contributed by atoms with van der Waals surface area (Å²) in [6, 6.07) is 3.28. The quantitative estimate of drug-likeness (QED) is 0.751. The van der Waals surface area contributed by atoms with Crippen molar-refractivity contribution in [1.29, 1.82) is 0 Å². The highest BCUT2D eigenvalue weighted by atomic mass is 16.3. The third kappa shape index (κ3) is 1.54. The topological polar surface area (TPSA) is 70.5 Å². The highest BCUT2D eigenvalue weighted by molar-refractivity contribution is 6.20. The Morgan fingerprint density at radius 1 is 1.35 bits per heavy atom. The van der Waals surface area contributed by atoms with Crippen LogP contribution in [0.1, 0.15) is 33.7 Å². The fourth-order valence-electron chi connectivity index (χ4n) is 2.39. The van der Waals surface area contributed by atoms with Gasteiger partial charge in [-0.2, -0.15) is 0 Å². The Morgan fingerprint density at radius 2 is 2.12 bits per heavy atom. The normalized spacial score (nSPS) is 27.0. The first kappa shape index (κ1) is 10.4. The number of carbonyl (C=O) groups excluding carboxylic acids is 2. The fraction of sp³-hybridized carbons (Fsp3) is 0.417. The molecule has 0 atom stereocenters. The molecule has 5 nitrogen and oxygen atoms in total. The predicted octanol–water partition coefficient (Wildman–Crippen LogP) is 0.449. The molecule has 1 fully saturated rings. The minimum absolute atomic E-state index is 0.229. The van der Waals surface area contributed by atoms with E-state index in [1.165, 1.54) is 11.1 Å². The Bertz CT molecular complexity index is 459. The number of aliphatic hydroxyl groups is 1. The van der Waals surface area contributed by atoms with E-state index >= 15 is 0 Å². The molecule has 1 aromatic rings. The molecule has 88 valence electrons. The van der Waals surface area contributed by atoms with Crippen LogP contribution in [0.3, 0.4) is 0 Å². The maximum Gasteiger partial charge on any atom is 0.280 e. The largest absolute Gasteiger partial charge is 0.393 e. The number of aromatic nitrogens is 1. The van der Waals surface area contributed by atoms with Gasteiger partial charge < -0.3 is 5.11 Å². The van der Waals surface area contributed by atoms with Crippen molar-refractivity contribution >= 4 is 11.8 Å². The summed E-state index contributed by atoms with van der Waals surface area (Å²) in [4.78, 5) is 29.1. The van der Waals surface area contributed by atoms with Crippen LogP contribution in [-0.2, 0) is 0 Å². The smallest absolute Gasteiger partial charge is 0.280 e. The molecule has 1 aliphatic carbocycles. The molecule has 17 heavy (non-hydrogen) atoms. The Hall–Kier alpha value is -1.75. The third-order valence-electron chi connectivity index (χ3n) is 3.38. The summed E-state index contributed by atoms with van der Waals surface area (Å²) in [5, 5.41) is 9.20. The summed E-state index contributed by atoms with van der Waals surface area (Å²) in [5.74, 6) is -0.348. The van der Waals surface area contributed by atoms with Gasteiger partial charge in [-0.1, -0.05) is 0 Å². The van der Waals surface area contributed by atoms with Crippen molar-refractivity contribution in [3.8, 4) is 0 Å². The molecular weight excluding hydrogens is 220 g/mol. The van der Waals surface area contributed by atoms with Gasteiger partial charge in [0.1, 0.15) is 5.69 Å². The Morgan fingerprint density at radius 3 is 2.76 bits per heavy atom. The molecule has 5 heteroatoms. The number of nitrogens with zero attached hydrogens (tertiary/aromatic N) is 2. The third-order valence-corrected chi connectivity index (χ3v) is 3.38. The number of rotatable bonds is 2. The van der Waals surface area contributed by atoms with Crippen molar-refractivity contribution in [2.75, 3.05) is 6.54 Å². The zero-order valence-corrected chi connectivity index (χ0v) is 9.17. The second kappa shape index (κ2) is 3.63. The number of carbonyl (C=O) groups is 2. The van der Waals surface area contributed by atoms with Crippen molar-refractivity contribution in [2.24, 2.45) is 5.92 Å². The van der Waals surface area contributed by atoms with Gasteiger partial charge in [0.25, 0.3) is 11.8 Å². The first-order valence-corrected chi connectivity index (χ1v) is 5.66. The molecule has 1 aromatic heterocycles. The maximum absolute atomic E-state index is 12.0. The van der Waals surface area contributed by atoms with Crippen molar-refractivity contribution in [3.05, 3.63) is 29.6 Å². The van der Waals surface area contributed by atoms with Gasteiger partial charge in [-0.3, -0.25) is 19.5 Å². The van der Waals surface area contributed by atoms with Crippen LogP contribution in [0.4, 0.5) is 0 Å². The summed E-state index contributed by atoms with van der Waals surface area (Å²) in [6.45, 7) is 0.394. The molecule has 1 saturated carbocycles. The second-order valence-electron chi connectivity index (χ2n) is 4.61. The van der Waals surface area contributed by atoms with Gasteiger partial charge in [-0.25, -0.2) is 0 Å². The molecule has 0 unspecified atom stereocenters. The number of hydrogen-bond donors (Lipinski definition) is 1.